The maximum atomic E-state index is 12.7. The highest BCUT2D eigenvalue weighted by Gasteiger charge is 2.14. The molecule has 0 spiro atoms. The number of rotatable bonds is 3. The van der Waals surface area contributed by atoms with Crippen molar-refractivity contribution < 1.29 is 19.1 Å². The van der Waals surface area contributed by atoms with E-state index in [1.54, 1.807) is 12.1 Å². The van der Waals surface area contributed by atoms with Crippen LogP contribution in [0.2, 0.25) is 0 Å². The molecular formula is C13H8FNO3. The average Bonchev–Trinajstić information content (AvgIpc) is 2.39. The number of carbonyl (C=O) groups excluding carboxylic acids is 1. The molecule has 0 fully saturated rings. The van der Waals surface area contributed by atoms with Crippen LogP contribution in [-0.2, 0) is 4.79 Å². The van der Waals surface area contributed by atoms with E-state index in [0.717, 1.165) is 6.20 Å². The van der Waals surface area contributed by atoms with Gasteiger partial charge in [-0.3, -0.25) is 9.78 Å². The molecule has 1 N–H and O–H groups in total. The van der Waals surface area contributed by atoms with Gasteiger partial charge in [-0.1, -0.05) is 24.3 Å². The van der Waals surface area contributed by atoms with Gasteiger partial charge < -0.3 is 5.11 Å². The zero-order valence-corrected chi connectivity index (χ0v) is 9.13. The van der Waals surface area contributed by atoms with Crippen LogP contribution in [0.4, 0.5) is 4.39 Å². The number of ketones is 1. The molecule has 0 unspecified atom stereocenters. The van der Waals surface area contributed by atoms with Crippen LogP contribution in [0.5, 0.6) is 0 Å². The highest BCUT2D eigenvalue weighted by atomic mass is 19.1. The summed E-state index contributed by atoms with van der Waals surface area (Å²) >= 11 is 0. The van der Waals surface area contributed by atoms with Gasteiger partial charge in [-0.2, -0.15) is 0 Å². The van der Waals surface area contributed by atoms with E-state index in [2.05, 4.69) is 4.98 Å². The van der Waals surface area contributed by atoms with Gasteiger partial charge in [-0.05, 0) is 12.1 Å². The zero-order valence-electron chi connectivity index (χ0n) is 9.13. The van der Waals surface area contributed by atoms with Gasteiger partial charge in [-0.25, -0.2) is 9.18 Å². The summed E-state index contributed by atoms with van der Waals surface area (Å²) in [5.41, 5.74) is 1.32. The van der Waals surface area contributed by atoms with Gasteiger partial charge in [0.25, 0.3) is 5.78 Å². The summed E-state index contributed by atoms with van der Waals surface area (Å²) < 4.78 is 12.7. The summed E-state index contributed by atoms with van der Waals surface area (Å²) in [5, 5.41) is 8.55. The number of aliphatic carboxylic acids is 1. The van der Waals surface area contributed by atoms with Crippen molar-refractivity contribution >= 4 is 11.8 Å². The van der Waals surface area contributed by atoms with Gasteiger partial charge in [0.2, 0.25) is 0 Å². The third-order valence-electron chi connectivity index (χ3n) is 2.36. The van der Waals surface area contributed by atoms with Gasteiger partial charge in [0.15, 0.2) is 0 Å². The van der Waals surface area contributed by atoms with Crippen LogP contribution in [0.3, 0.4) is 0 Å². The van der Waals surface area contributed by atoms with E-state index < -0.39 is 17.6 Å². The minimum Gasteiger partial charge on any atom is -0.475 e. The number of aromatic nitrogens is 1. The van der Waals surface area contributed by atoms with Crippen molar-refractivity contribution in [2.75, 3.05) is 0 Å². The van der Waals surface area contributed by atoms with Crippen molar-refractivity contribution in [2.24, 2.45) is 0 Å². The van der Waals surface area contributed by atoms with Crippen LogP contribution >= 0.6 is 0 Å². The second-order valence-corrected chi connectivity index (χ2v) is 3.57. The van der Waals surface area contributed by atoms with Gasteiger partial charge in [0.05, 0.1) is 11.9 Å². The molecule has 0 saturated heterocycles. The first-order valence-corrected chi connectivity index (χ1v) is 5.07. The molecule has 0 atom stereocenters. The topological polar surface area (TPSA) is 67.3 Å². The number of benzene rings is 1. The van der Waals surface area contributed by atoms with Crippen molar-refractivity contribution in [3.63, 3.8) is 0 Å². The number of hydrogen-bond donors (Lipinski definition) is 1. The van der Waals surface area contributed by atoms with Crippen LogP contribution in [0, 0.1) is 5.82 Å². The van der Waals surface area contributed by atoms with E-state index in [9.17, 15) is 14.0 Å². The molecule has 18 heavy (non-hydrogen) atoms. The molecule has 1 heterocycles. The fourth-order valence-corrected chi connectivity index (χ4v) is 1.46. The molecule has 4 nitrogen and oxygen atoms in total. The van der Waals surface area contributed by atoms with E-state index in [0.29, 0.717) is 11.3 Å². The molecule has 2 aromatic rings. The number of carboxylic acid groups (broad SMARTS) is 1. The molecule has 0 radical (unpaired) electrons. The number of nitrogens with zero attached hydrogens (tertiary/aromatic N) is 1. The Morgan fingerprint density at radius 3 is 2.22 bits per heavy atom. The van der Waals surface area contributed by atoms with Crippen molar-refractivity contribution in [1.29, 1.82) is 0 Å². The summed E-state index contributed by atoms with van der Waals surface area (Å²) in [6.45, 7) is 0. The molecule has 0 bridgehead atoms. The average molecular weight is 245 g/mol. The molecule has 1 aromatic heterocycles. The summed E-state index contributed by atoms with van der Waals surface area (Å²) in [4.78, 5) is 25.5. The lowest BCUT2D eigenvalue weighted by Gasteiger charge is -2.01. The van der Waals surface area contributed by atoms with Crippen LogP contribution in [0.1, 0.15) is 10.4 Å². The normalized spacial score (nSPS) is 10.1. The number of pyridine rings is 1. The molecule has 0 amide bonds. The second-order valence-electron chi connectivity index (χ2n) is 3.57. The first-order valence-electron chi connectivity index (χ1n) is 5.07. The van der Waals surface area contributed by atoms with Crippen molar-refractivity contribution in [3.8, 4) is 11.3 Å². The van der Waals surface area contributed by atoms with E-state index in [-0.39, 0.29) is 5.56 Å². The quantitative estimate of drug-likeness (QED) is 0.664. The van der Waals surface area contributed by atoms with Crippen molar-refractivity contribution in [3.05, 3.63) is 54.0 Å². The Bertz CT molecular complexity index is 591. The smallest absolute Gasteiger partial charge is 0.377 e. The Morgan fingerprint density at radius 1 is 1.06 bits per heavy atom. The Kier molecular flexibility index (Phi) is 3.14. The molecule has 0 aliphatic carbocycles. The zero-order chi connectivity index (χ0) is 13.1. The lowest BCUT2D eigenvalue weighted by molar-refractivity contribution is -0.131. The molecular weight excluding hydrogens is 237 g/mol. The SMILES string of the molecule is O=C(O)C(=O)c1ccc(-c2ccc(F)cn2)cc1. The summed E-state index contributed by atoms with van der Waals surface area (Å²) in [6.07, 6.45) is 1.09. The second kappa shape index (κ2) is 4.75. The molecule has 0 saturated carbocycles. The lowest BCUT2D eigenvalue weighted by Crippen LogP contribution is -2.12. The monoisotopic (exact) mass is 245 g/mol. The molecule has 1 aromatic carbocycles. The number of carboxylic acids is 1. The molecule has 5 heteroatoms. The van der Waals surface area contributed by atoms with Crippen molar-refractivity contribution in [1.82, 2.24) is 4.98 Å². The van der Waals surface area contributed by atoms with E-state index in [4.69, 9.17) is 5.11 Å². The lowest BCUT2D eigenvalue weighted by atomic mass is 10.1. The minimum absolute atomic E-state index is 0.0911. The third kappa shape index (κ3) is 2.40. The minimum atomic E-state index is -1.50. The largest absolute Gasteiger partial charge is 0.475 e. The predicted octanol–water partition coefficient (Wildman–Crippen LogP) is 2.16. The molecule has 0 aliphatic rings. The van der Waals surface area contributed by atoms with Crippen molar-refractivity contribution in [2.45, 2.75) is 0 Å². The van der Waals surface area contributed by atoms with Crippen LogP contribution < -0.4 is 0 Å². The third-order valence-corrected chi connectivity index (χ3v) is 2.36. The van der Waals surface area contributed by atoms with Crippen LogP contribution in [0.25, 0.3) is 11.3 Å². The fraction of sp³-hybridized carbons (Fsp3) is 0. The van der Waals surface area contributed by atoms with Crippen LogP contribution in [-0.4, -0.2) is 21.8 Å². The highest BCUT2D eigenvalue weighted by Crippen LogP contribution is 2.17. The number of carbonyl (C=O) groups is 2. The van der Waals surface area contributed by atoms with Gasteiger partial charge >= 0.3 is 5.97 Å². The Labute approximate surface area is 102 Å². The maximum Gasteiger partial charge on any atom is 0.377 e. The first-order chi connectivity index (χ1) is 8.58. The number of hydrogen-bond acceptors (Lipinski definition) is 3. The van der Waals surface area contributed by atoms with E-state index >= 15 is 0 Å². The molecule has 2 rings (SSSR count). The Balaban J connectivity index is 2.30. The van der Waals surface area contributed by atoms with Crippen LogP contribution in [0.15, 0.2) is 42.6 Å². The fourth-order valence-electron chi connectivity index (χ4n) is 1.46. The molecule has 0 aliphatic heterocycles. The summed E-state index contributed by atoms with van der Waals surface area (Å²) in [5.74, 6) is -2.90. The van der Waals surface area contributed by atoms with Gasteiger partial charge in [0, 0.05) is 11.1 Å². The highest BCUT2D eigenvalue weighted by molar-refractivity contribution is 6.39. The standard InChI is InChI=1S/C13H8FNO3/c14-10-5-6-11(15-7-10)8-1-3-9(4-2-8)12(16)13(17)18/h1-7H,(H,17,18). The van der Waals surface area contributed by atoms with Gasteiger partial charge in [-0.15, -0.1) is 0 Å². The number of halogens is 1. The van der Waals surface area contributed by atoms with E-state index in [1.807, 2.05) is 0 Å². The van der Waals surface area contributed by atoms with E-state index in [1.165, 1.54) is 24.3 Å². The Morgan fingerprint density at radius 2 is 1.72 bits per heavy atom. The summed E-state index contributed by atoms with van der Waals surface area (Å²) in [7, 11) is 0. The maximum absolute atomic E-state index is 12.7. The number of Topliss-reactive ketones (excluding diaryl/α,β-unsaturated/α-hetero) is 1. The first kappa shape index (κ1) is 11.9. The predicted molar refractivity (Wildman–Crippen MR) is 61.6 cm³/mol. The Hall–Kier alpha value is -2.56. The molecule has 90 valence electrons. The van der Waals surface area contributed by atoms with Gasteiger partial charge in [0.1, 0.15) is 5.82 Å². The summed E-state index contributed by atoms with van der Waals surface area (Å²) in [6, 6.07) is 8.71.